The van der Waals surface area contributed by atoms with Crippen LogP contribution in [0.2, 0.25) is 0 Å². The van der Waals surface area contributed by atoms with Gasteiger partial charge in [-0.3, -0.25) is 0 Å². The molecule has 0 saturated carbocycles. The second-order valence-electron chi connectivity index (χ2n) is 5.11. The van der Waals surface area contributed by atoms with Crippen LogP contribution in [0.5, 0.6) is 5.75 Å². The van der Waals surface area contributed by atoms with Crippen LogP contribution >= 0.6 is 11.8 Å². The van der Waals surface area contributed by atoms with Gasteiger partial charge in [0.1, 0.15) is 5.75 Å². The van der Waals surface area contributed by atoms with Crippen molar-refractivity contribution >= 4 is 11.8 Å². The predicted octanol–water partition coefficient (Wildman–Crippen LogP) is 4.05. The molecule has 0 aliphatic carbocycles. The van der Waals surface area contributed by atoms with Crippen molar-refractivity contribution in [2.45, 2.75) is 37.2 Å². The minimum atomic E-state index is -4.35. The lowest BCUT2D eigenvalue weighted by Crippen LogP contribution is -2.26. The van der Waals surface area contributed by atoms with E-state index in [9.17, 15) is 18.3 Å². The summed E-state index contributed by atoms with van der Waals surface area (Å²) in [4.78, 5) is 0.0231. The number of alkyl halides is 3. The van der Waals surface area contributed by atoms with E-state index in [4.69, 9.17) is 5.73 Å². The molecule has 1 aromatic carbocycles. The second kappa shape index (κ2) is 5.01. The Kier molecular flexibility index (Phi) is 4.23. The monoisotopic (exact) mass is 279 g/mol. The Morgan fingerprint density at radius 2 is 1.78 bits per heavy atom. The van der Waals surface area contributed by atoms with E-state index in [-0.39, 0.29) is 27.8 Å². The standard InChI is InChI=1S/C12H16F3NOS/c1-11(2,3)10(16)8-6-7(4-5-9(8)17)18-12(13,14)15/h4-6,10,17H,16H2,1-3H3/t10-/m0/s1. The molecule has 0 unspecified atom stereocenters. The van der Waals surface area contributed by atoms with Crippen LogP contribution in [0.1, 0.15) is 32.4 Å². The van der Waals surface area contributed by atoms with Crippen molar-refractivity contribution < 1.29 is 18.3 Å². The van der Waals surface area contributed by atoms with Crippen LogP contribution in [-0.2, 0) is 0 Å². The molecule has 3 N–H and O–H groups in total. The highest BCUT2D eigenvalue weighted by Gasteiger charge is 2.31. The van der Waals surface area contributed by atoms with Gasteiger partial charge in [0.2, 0.25) is 0 Å². The molecule has 0 radical (unpaired) electrons. The summed E-state index contributed by atoms with van der Waals surface area (Å²) in [7, 11) is 0. The third-order valence-electron chi connectivity index (χ3n) is 2.50. The van der Waals surface area contributed by atoms with Crippen LogP contribution in [0.25, 0.3) is 0 Å². The number of halogens is 3. The maximum Gasteiger partial charge on any atom is 0.446 e. The Balaban J connectivity index is 3.09. The van der Waals surface area contributed by atoms with E-state index in [1.165, 1.54) is 18.2 Å². The number of phenols is 1. The van der Waals surface area contributed by atoms with Crippen LogP contribution in [0.15, 0.2) is 23.1 Å². The van der Waals surface area contributed by atoms with Gasteiger partial charge in [0.15, 0.2) is 0 Å². The number of hydrogen-bond acceptors (Lipinski definition) is 3. The van der Waals surface area contributed by atoms with Crippen molar-refractivity contribution in [3.8, 4) is 5.75 Å². The Bertz CT molecular complexity index is 426. The quantitative estimate of drug-likeness (QED) is 0.803. The molecule has 0 bridgehead atoms. The molecule has 0 aliphatic rings. The zero-order valence-electron chi connectivity index (χ0n) is 10.4. The molecule has 1 rings (SSSR count). The molecular weight excluding hydrogens is 263 g/mol. The topological polar surface area (TPSA) is 46.2 Å². The molecule has 0 fully saturated rings. The average molecular weight is 279 g/mol. The van der Waals surface area contributed by atoms with E-state index in [0.29, 0.717) is 5.56 Å². The number of aromatic hydroxyl groups is 1. The Morgan fingerprint density at radius 3 is 2.22 bits per heavy atom. The number of rotatable bonds is 2. The first-order valence-corrected chi connectivity index (χ1v) is 6.16. The van der Waals surface area contributed by atoms with E-state index < -0.39 is 11.6 Å². The molecule has 0 spiro atoms. The van der Waals surface area contributed by atoms with Crippen molar-refractivity contribution in [2.24, 2.45) is 11.1 Å². The molecule has 0 aromatic heterocycles. The van der Waals surface area contributed by atoms with Gasteiger partial charge in [0, 0.05) is 16.5 Å². The fourth-order valence-corrected chi connectivity index (χ4v) is 2.03. The van der Waals surface area contributed by atoms with E-state index in [1.54, 1.807) is 0 Å². The number of phenolic OH excluding ortho intramolecular Hbond substituents is 1. The van der Waals surface area contributed by atoms with Gasteiger partial charge in [-0.2, -0.15) is 13.2 Å². The highest BCUT2D eigenvalue weighted by Crippen LogP contribution is 2.41. The minimum Gasteiger partial charge on any atom is -0.508 e. The average Bonchev–Trinajstić information content (AvgIpc) is 2.16. The van der Waals surface area contributed by atoms with Gasteiger partial charge in [-0.05, 0) is 35.4 Å². The van der Waals surface area contributed by atoms with E-state index in [1.807, 2.05) is 20.8 Å². The minimum absolute atomic E-state index is 0.0231. The Labute approximate surface area is 108 Å². The number of thioether (sulfide) groups is 1. The summed E-state index contributed by atoms with van der Waals surface area (Å²) in [6, 6.07) is 3.23. The summed E-state index contributed by atoms with van der Waals surface area (Å²) < 4.78 is 36.8. The molecule has 0 saturated heterocycles. The van der Waals surface area contributed by atoms with Crippen molar-refractivity contribution in [2.75, 3.05) is 0 Å². The molecule has 6 heteroatoms. The largest absolute Gasteiger partial charge is 0.508 e. The first kappa shape index (κ1) is 15.2. The van der Waals surface area contributed by atoms with Crippen LogP contribution in [0.4, 0.5) is 13.2 Å². The number of benzene rings is 1. The van der Waals surface area contributed by atoms with Gasteiger partial charge in [0.25, 0.3) is 0 Å². The lowest BCUT2D eigenvalue weighted by Gasteiger charge is -2.28. The van der Waals surface area contributed by atoms with Crippen molar-refractivity contribution in [3.05, 3.63) is 23.8 Å². The summed E-state index contributed by atoms with van der Waals surface area (Å²) in [5.74, 6) is -0.0797. The molecule has 0 amide bonds. The lowest BCUT2D eigenvalue weighted by molar-refractivity contribution is -0.0328. The first-order chi connectivity index (χ1) is 8.00. The maximum atomic E-state index is 12.3. The highest BCUT2D eigenvalue weighted by atomic mass is 32.2. The fraction of sp³-hybridized carbons (Fsp3) is 0.500. The van der Waals surface area contributed by atoms with Gasteiger partial charge in [-0.25, -0.2) is 0 Å². The van der Waals surface area contributed by atoms with Crippen LogP contribution in [-0.4, -0.2) is 10.6 Å². The maximum absolute atomic E-state index is 12.3. The Hall–Kier alpha value is -0.880. The van der Waals surface area contributed by atoms with Gasteiger partial charge in [-0.15, -0.1) is 0 Å². The second-order valence-corrected chi connectivity index (χ2v) is 6.25. The van der Waals surface area contributed by atoms with Crippen molar-refractivity contribution in [3.63, 3.8) is 0 Å². The zero-order valence-corrected chi connectivity index (χ0v) is 11.2. The smallest absolute Gasteiger partial charge is 0.446 e. The van der Waals surface area contributed by atoms with Crippen LogP contribution < -0.4 is 5.73 Å². The molecular formula is C12H16F3NOS. The first-order valence-electron chi connectivity index (χ1n) is 5.35. The molecule has 2 nitrogen and oxygen atoms in total. The fourth-order valence-electron chi connectivity index (χ4n) is 1.45. The molecule has 18 heavy (non-hydrogen) atoms. The van der Waals surface area contributed by atoms with E-state index in [2.05, 4.69) is 0 Å². The summed E-state index contributed by atoms with van der Waals surface area (Å²) in [6.45, 7) is 5.59. The molecule has 102 valence electrons. The summed E-state index contributed by atoms with van der Waals surface area (Å²) in [5.41, 5.74) is 1.59. The van der Waals surface area contributed by atoms with Crippen molar-refractivity contribution in [1.82, 2.24) is 0 Å². The van der Waals surface area contributed by atoms with E-state index in [0.717, 1.165) is 0 Å². The van der Waals surface area contributed by atoms with Gasteiger partial charge in [-0.1, -0.05) is 20.8 Å². The molecule has 0 heterocycles. The number of nitrogens with two attached hydrogens (primary N) is 1. The number of hydrogen-bond donors (Lipinski definition) is 2. The van der Waals surface area contributed by atoms with Gasteiger partial charge < -0.3 is 10.8 Å². The summed E-state index contributed by atoms with van der Waals surface area (Å²) in [6.07, 6.45) is 0. The zero-order chi connectivity index (χ0) is 14.1. The van der Waals surface area contributed by atoms with Gasteiger partial charge in [0.05, 0.1) is 0 Å². The SMILES string of the molecule is CC(C)(C)[C@@H](N)c1cc(SC(F)(F)F)ccc1O. The third kappa shape index (κ3) is 4.10. The summed E-state index contributed by atoms with van der Waals surface area (Å²) in [5, 5.41) is 9.70. The van der Waals surface area contributed by atoms with Crippen LogP contribution in [0, 0.1) is 5.41 Å². The Morgan fingerprint density at radius 1 is 1.22 bits per heavy atom. The van der Waals surface area contributed by atoms with Gasteiger partial charge >= 0.3 is 5.51 Å². The lowest BCUT2D eigenvalue weighted by atomic mass is 9.83. The van der Waals surface area contributed by atoms with Crippen LogP contribution in [0.3, 0.4) is 0 Å². The molecule has 1 aromatic rings. The molecule has 0 aliphatic heterocycles. The predicted molar refractivity (Wildman–Crippen MR) is 66.4 cm³/mol. The normalized spacial score (nSPS) is 14.6. The highest BCUT2D eigenvalue weighted by molar-refractivity contribution is 8.00. The third-order valence-corrected chi connectivity index (χ3v) is 3.22. The molecule has 1 atom stereocenters. The van der Waals surface area contributed by atoms with E-state index >= 15 is 0 Å². The summed E-state index contributed by atoms with van der Waals surface area (Å²) >= 11 is -0.215. The van der Waals surface area contributed by atoms with Crippen molar-refractivity contribution in [1.29, 1.82) is 0 Å².